The van der Waals surface area contributed by atoms with Crippen LogP contribution in [-0.2, 0) is 4.57 Å². The van der Waals surface area contributed by atoms with Crippen LogP contribution in [-0.4, -0.2) is 255 Å². The molecule has 48 nitrogen and oxygen atoms in total. The van der Waals surface area contributed by atoms with Gasteiger partial charge in [0.05, 0.1) is 0 Å². The smallest absolute Gasteiger partial charge is 0.450 e. The molecule has 69 heavy (non-hydrogen) atoms. The Balaban J connectivity index is -0.0000000278. The second-order valence-electron chi connectivity index (χ2n) is 5.28. The first kappa shape index (κ1) is 112. The molecule has 0 radical (unpaired) electrons. The van der Waals surface area contributed by atoms with Crippen LogP contribution in [0.3, 0.4) is 0 Å². The Labute approximate surface area is 372 Å². The Bertz CT molecular complexity index is 943. The monoisotopic (exact) mass is 1080 g/mol. The molecule has 0 amide bonds. The maximum atomic E-state index is 8.74. The van der Waals surface area contributed by atoms with Crippen molar-refractivity contribution in [2.24, 2.45) is 0 Å². The Kier molecular flexibility index (Phi) is 181. The van der Waals surface area contributed by atoms with Crippen molar-refractivity contribution in [2.75, 3.05) is 0 Å². The van der Waals surface area contributed by atoms with Gasteiger partial charge in [0.15, 0.2) is 0 Å². The minimum atomic E-state index is -3.13. The average Bonchev–Trinajstić information content (AvgIpc) is 2.93. The quantitative estimate of drug-likeness (QED) is 0.127. The van der Waals surface area contributed by atoms with E-state index in [9.17, 15) is 0 Å². The van der Waals surface area contributed by atoms with Crippen LogP contribution < -0.4 is 0 Å². The molecule has 0 spiro atoms. The van der Waals surface area contributed by atoms with Gasteiger partial charge in [-0.2, -0.15) is 0 Å². The van der Waals surface area contributed by atoms with E-state index < -0.39 is 101 Å². The van der Waals surface area contributed by atoms with E-state index in [1.807, 2.05) is 19.1 Å². The average molecular weight is 1080 g/mol. The largest absolute Gasteiger partial charge is 0.503 e. The van der Waals surface area contributed by atoms with Crippen LogP contribution in [0, 0.1) is 0 Å². The van der Waals surface area contributed by atoms with Crippen molar-refractivity contribution >= 4 is 101 Å². The van der Waals surface area contributed by atoms with E-state index in [1.54, 1.807) is 6.08 Å². The molecule has 0 aromatic heterocycles. The van der Waals surface area contributed by atoms with Crippen molar-refractivity contribution in [2.45, 2.75) is 6.92 Å². The van der Waals surface area contributed by atoms with E-state index in [2.05, 4.69) is 6.58 Å². The molecule has 49 heteroatoms. The molecule has 0 saturated heterocycles. The van der Waals surface area contributed by atoms with Crippen molar-refractivity contribution in [1.82, 2.24) is 0 Å². The number of carboxylic acid groups (broad SMARTS) is 30. The number of rotatable bonds is 1. The molecule has 0 rings (SSSR count). The summed E-state index contributed by atoms with van der Waals surface area (Å²) in [5.41, 5.74) is 0. The van der Waals surface area contributed by atoms with Gasteiger partial charge in [0.1, 0.15) is 0 Å². The lowest BCUT2D eigenvalue weighted by Gasteiger charge is -1.61. The minimum Gasteiger partial charge on any atom is -0.450 e. The molecule has 0 bridgehead atoms. The van der Waals surface area contributed by atoms with Gasteiger partial charge < -0.3 is 163 Å². The topological polar surface area (TPSA) is 920 Å². The lowest BCUT2D eigenvalue weighted by Crippen LogP contribution is -1.81. The van der Waals surface area contributed by atoms with Gasteiger partial charge in [0.2, 0.25) is 0 Å². The third kappa shape index (κ3) is 1950. The van der Waals surface area contributed by atoms with Crippen LogP contribution in [0.5, 0.6) is 0 Å². The predicted molar refractivity (Wildman–Crippen MR) is 198 cm³/mol. The second kappa shape index (κ2) is 112. The SMILES string of the molecule is C=CC=CC.O=C(O)O.O=C(O)O.O=C(O)O.O=C(O)O.O=C(O)O.O=C(O)O.O=C(O)O.O=C(O)O.O=C(O)O.O=C(O)O.O=C(O)O.O=C(O)O.O=C(O)O.O=C(O)O.O=C(O)O.O=[PH](O)O. The summed E-state index contributed by atoms with van der Waals surface area (Å²) in [4.78, 5) is 143. The number of carbonyl (C=O) groups is 15. The molecule has 0 unspecified atom stereocenters. The van der Waals surface area contributed by atoms with E-state index in [-0.39, 0.29) is 0 Å². The Morgan fingerprint density at radius 2 is 0.304 bits per heavy atom. The van der Waals surface area contributed by atoms with Crippen LogP contribution in [0.4, 0.5) is 71.9 Å². The maximum Gasteiger partial charge on any atom is 0.503 e. The first-order valence-corrected chi connectivity index (χ1v) is 13.4. The van der Waals surface area contributed by atoms with Gasteiger partial charge in [-0.1, -0.05) is 24.8 Å². The highest BCUT2D eigenvalue weighted by molar-refractivity contribution is 7.30. The highest BCUT2D eigenvalue weighted by atomic mass is 31.1. The first-order chi connectivity index (χ1) is 30.1. The third-order valence-electron chi connectivity index (χ3n) is 0.329. The van der Waals surface area contributed by atoms with Gasteiger partial charge in [0, 0.05) is 0 Å². The third-order valence-corrected chi connectivity index (χ3v) is 0.329. The Morgan fingerprint density at radius 1 is 0.261 bits per heavy atom. The zero-order valence-corrected chi connectivity index (χ0v) is 33.3. The van der Waals surface area contributed by atoms with Crippen LogP contribution in [0.15, 0.2) is 24.8 Å². The summed E-state index contributed by atoms with van der Waals surface area (Å²) in [6.07, 6.45) is -21.9. The van der Waals surface area contributed by atoms with E-state index in [0.717, 1.165) is 0 Å². The molecule has 0 fully saturated rings. The second-order valence-corrected chi connectivity index (χ2v) is 5.85. The van der Waals surface area contributed by atoms with Gasteiger partial charge in [-0.05, 0) is 6.92 Å². The summed E-state index contributed by atoms with van der Waals surface area (Å²) in [7, 11) is -3.13. The molecule has 0 saturated carbocycles. The summed E-state index contributed by atoms with van der Waals surface area (Å²) >= 11 is 0. The predicted octanol–water partition coefficient (Wildman–Crippen LogP) is 4.45. The standard InChI is InChI=1S/C5H8.15CH2O3.H3O3P/c1-3-5-4-2;15*2-1(3)4;1-4(2)3/h3-5H,1H2,2H3;15*(H2,2,3,4);4H,(H2,1,2,3). The van der Waals surface area contributed by atoms with Crippen LogP contribution in [0.1, 0.15) is 6.92 Å². The number of hydrogen-bond acceptors (Lipinski definition) is 16. The van der Waals surface area contributed by atoms with Crippen molar-refractivity contribution in [3.05, 3.63) is 24.8 Å². The first-order valence-electron chi connectivity index (χ1n) is 12.1. The highest BCUT2D eigenvalue weighted by Crippen LogP contribution is 1.98. The highest BCUT2D eigenvalue weighted by Gasteiger charge is 1.75. The summed E-state index contributed by atoms with van der Waals surface area (Å²) in [6.45, 7) is 5.42. The molecule has 0 aromatic rings. The van der Waals surface area contributed by atoms with E-state index >= 15 is 0 Å². The summed E-state index contributed by atoms with van der Waals surface area (Å²) in [5, 5.41) is 209. The van der Waals surface area contributed by atoms with E-state index in [4.69, 9.17) is 239 Å². The van der Waals surface area contributed by atoms with Crippen molar-refractivity contribution < 1.29 is 239 Å². The van der Waals surface area contributed by atoms with Crippen molar-refractivity contribution in [3.63, 3.8) is 0 Å². The molecule has 32 N–H and O–H groups in total. The summed E-state index contributed by atoms with van der Waals surface area (Å²) < 4.78 is 8.74. The lowest BCUT2D eigenvalue weighted by molar-refractivity contribution is 0.135. The molecule has 0 aliphatic carbocycles. The summed E-state index contributed by atoms with van der Waals surface area (Å²) in [6, 6.07) is 0. The molecule has 414 valence electrons. The fourth-order valence-corrected chi connectivity index (χ4v) is 0.136. The van der Waals surface area contributed by atoms with Gasteiger partial charge in [-0.3, -0.25) is 4.57 Å². The Hall–Kier alpha value is -11.3. The normalized spacial score (nSPS) is 6.38. The number of allylic oxidation sites excluding steroid dienone is 3. The zero-order chi connectivity index (χ0) is 61.4. The molecular weight excluding hydrogens is 1040 g/mol. The fraction of sp³-hybridized carbons (Fsp3) is 0.0500. The maximum absolute atomic E-state index is 8.74. The lowest BCUT2D eigenvalue weighted by atomic mass is 10.5. The minimum absolute atomic E-state index is 1.75. The van der Waals surface area contributed by atoms with Gasteiger partial charge >= 0.3 is 101 Å². The molecule has 0 aliphatic heterocycles. The van der Waals surface area contributed by atoms with Crippen LogP contribution >= 0.6 is 8.25 Å². The van der Waals surface area contributed by atoms with Crippen molar-refractivity contribution in [1.29, 1.82) is 0 Å². The molecule has 0 atom stereocenters. The fourth-order valence-electron chi connectivity index (χ4n) is 0.136. The van der Waals surface area contributed by atoms with Crippen LogP contribution in [0.2, 0.25) is 0 Å². The van der Waals surface area contributed by atoms with E-state index in [1.165, 1.54) is 0 Å². The number of hydrogen-bond donors (Lipinski definition) is 32. The van der Waals surface area contributed by atoms with Gasteiger partial charge in [-0.25, -0.2) is 71.9 Å². The molecule has 0 aliphatic rings. The molecule has 0 aromatic carbocycles. The van der Waals surface area contributed by atoms with Crippen LogP contribution in [0.25, 0.3) is 0 Å². The Morgan fingerprint density at radius 3 is 0.304 bits per heavy atom. The van der Waals surface area contributed by atoms with Crippen molar-refractivity contribution in [3.8, 4) is 0 Å². The summed E-state index contributed by atoms with van der Waals surface area (Å²) in [5.74, 6) is 0. The zero-order valence-electron chi connectivity index (χ0n) is 32.3. The molecular formula is C20H41O48P. The van der Waals surface area contributed by atoms with Gasteiger partial charge in [0.25, 0.3) is 0 Å². The van der Waals surface area contributed by atoms with E-state index in [0.29, 0.717) is 0 Å². The van der Waals surface area contributed by atoms with Gasteiger partial charge in [-0.15, -0.1) is 0 Å². The molecule has 0 heterocycles.